The van der Waals surface area contributed by atoms with E-state index in [0.29, 0.717) is 11.1 Å². The predicted molar refractivity (Wildman–Crippen MR) is 111 cm³/mol. The highest BCUT2D eigenvalue weighted by Crippen LogP contribution is 2.58. The maximum Gasteiger partial charge on any atom is 0.338 e. The molecule has 2 saturated carbocycles. The van der Waals surface area contributed by atoms with Gasteiger partial charge >= 0.3 is 11.9 Å². The summed E-state index contributed by atoms with van der Waals surface area (Å²) in [5.41, 5.74) is 0.650. The smallest absolute Gasteiger partial charge is 0.338 e. The van der Waals surface area contributed by atoms with Gasteiger partial charge in [-0.25, -0.2) is 9.59 Å². The molecule has 29 heavy (non-hydrogen) atoms. The highest BCUT2D eigenvalue weighted by Gasteiger charge is 2.61. The van der Waals surface area contributed by atoms with E-state index in [1.807, 2.05) is 36.4 Å². The molecule has 2 fully saturated rings. The number of ether oxygens (including phenoxy) is 2. The van der Waals surface area contributed by atoms with Crippen LogP contribution in [0.3, 0.4) is 0 Å². The van der Waals surface area contributed by atoms with Crippen LogP contribution in [0.25, 0.3) is 0 Å². The Morgan fingerprint density at radius 1 is 0.724 bits per heavy atom. The van der Waals surface area contributed by atoms with E-state index in [2.05, 4.69) is 13.8 Å². The summed E-state index contributed by atoms with van der Waals surface area (Å²) in [6, 6.07) is 18.1. The zero-order valence-corrected chi connectivity index (χ0v) is 17.1. The minimum atomic E-state index is -0.451. The van der Waals surface area contributed by atoms with Crippen molar-refractivity contribution in [2.75, 3.05) is 0 Å². The molecule has 152 valence electrons. The van der Waals surface area contributed by atoms with Crippen molar-refractivity contribution in [1.29, 1.82) is 0 Å². The SMILES string of the molecule is CC12CCCCC(C)(C1)C(OC(=O)c1ccccc1)C2OC(=O)c1ccccc1. The van der Waals surface area contributed by atoms with E-state index < -0.39 is 12.2 Å². The van der Waals surface area contributed by atoms with Crippen molar-refractivity contribution in [3.8, 4) is 0 Å². The summed E-state index contributed by atoms with van der Waals surface area (Å²) in [6.45, 7) is 4.35. The lowest BCUT2D eigenvalue weighted by Gasteiger charge is -2.36. The second kappa shape index (κ2) is 7.66. The van der Waals surface area contributed by atoms with Gasteiger partial charge in [0.15, 0.2) is 0 Å². The summed E-state index contributed by atoms with van der Waals surface area (Å²) in [6.07, 6.45) is 4.12. The minimum Gasteiger partial charge on any atom is -0.454 e. The van der Waals surface area contributed by atoms with Crippen molar-refractivity contribution in [2.45, 2.75) is 58.2 Å². The molecule has 0 aliphatic heterocycles. The van der Waals surface area contributed by atoms with Gasteiger partial charge in [-0.2, -0.15) is 0 Å². The number of benzene rings is 2. The summed E-state index contributed by atoms with van der Waals surface area (Å²) >= 11 is 0. The van der Waals surface area contributed by atoms with E-state index in [4.69, 9.17) is 9.47 Å². The molecule has 0 radical (unpaired) electrons. The molecule has 4 atom stereocenters. The highest BCUT2D eigenvalue weighted by atomic mass is 16.6. The van der Waals surface area contributed by atoms with Crippen molar-refractivity contribution >= 4 is 11.9 Å². The molecule has 4 rings (SSSR count). The van der Waals surface area contributed by atoms with Crippen molar-refractivity contribution < 1.29 is 19.1 Å². The normalized spacial score (nSPS) is 31.0. The number of carbonyl (C=O) groups excluding carboxylic acids is 2. The van der Waals surface area contributed by atoms with Crippen LogP contribution in [-0.2, 0) is 9.47 Å². The fraction of sp³-hybridized carbons (Fsp3) is 0.440. The molecule has 0 heterocycles. The van der Waals surface area contributed by atoms with Gasteiger partial charge < -0.3 is 9.47 Å². The second-order valence-electron chi connectivity index (χ2n) is 9.08. The van der Waals surface area contributed by atoms with E-state index >= 15 is 0 Å². The lowest BCUT2D eigenvalue weighted by atomic mass is 9.80. The molecule has 4 nitrogen and oxygen atoms in total. The van der Waals surface area contributed by atoms with Gasteiger partial charge in [-0.15, -0.1) is 0 Å². The standard InChI is InChI=1S/C25H28O4/c1-24-15-9-10-16-25(2,17-24)21(29-23(27)19-13-7-4-8-14-19)20(24)28-22(26)18-11-5-3-6-12-18/h3-8,11-14,20-21H,9-10,15-17H2,1-2H3. The van der Waals surface area contributed by atoms with Crippen molar-refractivity contribution in [2.24, 2.45) is 10.8 Å². The van der Waals surface area contributed by atoms with Gasteiger partial charge in [0.25, 0.3) is 0 Å². The first-order chi connectivity index (χ1) is 13.9. The fourth-order valence-electron chi connectivity index (χ4n) is 5.30. The molecule has 0 spiro atoms. The van der Waals surface area contributed by atoms with Gasteiger partial charge in [0.2, 0.25) is 0 Å². The summed E-state index contributed by atoms with van der Waals surface area (Å²) in [5.74, 6) is -0.709. The van der Waals surface area contributed by atoms with Gasteiger partial charge in [-0.05, 0) is 43.5 Å². The van der Waals surface area contributed by atoms with Crippen LogP contribution in [0, 0.1) is 10.8 Å². The van der Waals surface area contributed by atoms with Gasteiger partial charge in [-0.1, -0.05) is 63.1 Å². The number of esters is 2. The molecule has 4 unspecified atom stereocenters. The van der Waals surface area contributed by atoms with Crippen LogP contribution in [0.1, 0.15) is 66.7 Å². The Bertz CT molecular complexity index is 805. The lowest BCUT2D eigenvalue weighted by molar-refractivity contribution is -0.0777. The number of fused-ring (bicyclic) bond motifs is 2. The van der Waals surface area contributed by atoms with Crippen molar-refractivity contribution in [3.05, 3.63) is 71.8 Å². The van der Waals surface area contributed by atoms with Crippen LogP contribution in [0.4, 0.5) is 0 Å². The largest absolute Gasteiger partial charge is 0.454 e. The first-order valence-corrected chi connectivity index (χ1v) is 10.4. The topological polar surface area (TPSA) is 52.6 Å². The summed E-state index contributed by atoms with van der Waals surface area (Å²) in [4.78, 5) is 25.7. The van der Waals surface area contributed by atoms with Crippen LogP contribution >= 0.6 is 0 Å². The zero-order valence-electron chi connectivity index (χ0n) is 17.1. The van der Waals surface area contributed by atoms with Crippen LogP contribution in [0.5, 0.6) is 0 Å². The molecule has 0 saturated heterocycles. The Hall–Kier alpha value is -2.62. The van der Waals surface area contributed by atoms with E-state index in [1.165, 1.54) is 0 Å². The molecular weight excluding hydrogens is 364 g/mol. The predicted octanol–water partition coefficient (Wildman–Crippen LogP) is 5.43. The Balaban J connectivity index is 1.63. The quantitative estimate of drug-likeness (QED) is 0.651. The van der Waals surface area contributed by atoms with E-state index in [-0.39, 0.29) is 22.8 Å². The molecule has 2 aliphatic rings. The molecule has 2 aromatic carbocycles. The van der Waals surface area contributed by atoms with Crippen molar-refractivity contribution in [3.63, 3.8) is 0 Å². The van der Waals surface area contributed by atoms with E-state index in [9.17, 15) is 9.59 Å². The van der Waals surface area contributed by atoms with Crippen LogP contribution in [-0.4, -0.2) is 24.1 Å². The number of rotatable bonds is 4. The third-order valence-electron chi connectivity index (χ3n) is 6.69. The third kappa shape index (κ3) is 3.81. The zero-order chi connectivity index (χ0) is 20.5. The van der Waals surface area contributed by atoms with Crippen LogP contribution < -0.4 is 0 Å². The first kappa shape index (κ1) is 19.7. The second-order valence-corrected chi connectivity index (χ2v) is 9.08. The molecule has 2 aromatic rings. The van der Waals surface area contributed by atoms with Gasteiger partial charge in [0, 0.05) is 10.8 Å². The first-order valence-electron chi connectivity index (χ1n) is 10.4. The Morgan fingerprint density at radius 3 is 1.48 bits per heavy atom. The third-order valence-corrected chi connectivity index (χ3v) is 6.69. The maximum atomic E-state index is 12.9. The van der Waals surface area contributed by atoms with Crippen LogP contribution in [0.2, 0.25) is 0 Å². The number of carbonyl (C=O) groups is 2. The number of hydrogen-bond acceptors (Lipinski definition) is 4. The van der Waals surface area contributed by atoms with Crippen LogP contribution in [0.15, 0.2) is 60.7 Å². The lowest BCUT2D eigenvalue weighted by Crippen LogP contribution is -2.44. The number of hydrogen-bond donors (Lipinski definition) is 0. The average Bonchev–Trinajstić information content (AvgIpc) is 2.83. The average molecular weight is 392 g/mol. The molecular formula is C25H28O4. The van der Waals surface area contributed by atoms with E-state index in [0.717, 1.165) is 32.1 Å². The Morgan fingerprint density at radius 2 is 1.10 bits per heavy atom. The molecule has 2 aliphatic carbocycles. The van der Waals surface area contributed by atoms with Gasteiger partial charge in [0.1, 0.15) is 12.2 Å². The fourth-order valence-corrected chi connectivity index (χ4v) is 5.30. The summed E-state index contributed by atoms with van der Waals surface area (Å²) < 4.78 is 12.1. The molecule has 0 aromatic heterocycles. The Labute approximate surface area is 172 Å². The summed E-state index contributed by atoms with van der Waals surface area (Å²) in [5, 5.41) is 0. The van der Waals surface area contributed by atoms with Gasteiger partial charge in [0.05, 0.1) is 11.1 Å². The molecule has 4 heteroatoms. The molecule has 0 amide bonds. The Kier molecular flexibility index (Phi) is 5.20. The maximum absolute atomic E-state index is 12.9. The van der Waals surface area contributed by atoms with Gasteiger partial charge in [-0.3, -0.25) is 0 Å². The molecule has 2 bridgehead atoms. The summed E-state index contributed by atoms with van der Waals surface area (Å²) in [7, 11) is 0. The highest BCUT2D eigenvalue weighted by molar-refractivity contribution is 5.90. The van der Waals surface area contributed by atoms with E-state index in [1.54, 1.807) is 24.3 Å². The monoisotopic (exact) mass is 392 g/mol. The minimum absolute atomic E-state index is 0.197. The van der Waals surface area contributed by atoms with Crippen molar-refractivity contribution in [1.82, 2.24) is 0 Å². The molecule has 0 N–H and O–H groups in total.